The molecule has 0 aliphatic carbocycles. The maximum atomic E-state index is 13.5. The topological polar surface area (TPSA) is 55.9 Å². The first kappa shape index (κ1) is 31.4. The normalized spacial score (nSPS) is 20.4. The standard InChI is InChI=1S/C35H42Cl2N4O2/c1-38-33(43)39(2)35(28-13-7-4-8-14-28)19-23-40(24-20-35)21-9-17-34(29-15-16-30(36)31(37)25-29)18-10-22-41(26-34)32(42)27-11-5-3-6-12-27/h3-8,11-16,25H,9-10,17-24,26H2,1-2H3,(H,38,43)/t34-/m0/s1. The zero-order valence-corrected chi connectivity index (χ0v) is 26.7. The Balaban J connectivity index is 1.30. The smallest absolute Gasteiger partial charge is 0.317 e. The molecule has 1 atom stereocenters. The second-order valence-electron chi connectivity index (χ2n) is 12.1. The van der Waals surface area contributed by atoms with Gasteiger partial charge in [-0.05, 0) is 80.5 Å². The number of nitrogens with one attached hydrogen (secondary N) is 1. The van der Waals surface area contributed by atoms with Crippen LogP contribution in [0.5, 0.6) is 0 Å². The lowest BCUT2D eigenvalue weighted by Gasteiger charge is -2.48. The van der Waals surface area contributed by atoms with Gasteiger partial charge >= 0.3 is 6.03 Å². The third kappa shape index (κ3) is 6.72. The molecular formula is C35H42Cl2N4O2. The molecule has 8 heteroatoms. The molecule has 6 nitrogen and oxygen atoms in total. The maximum Gasteiger partial charge on any atom is 0.317 e. The van der Waals surface area contributed by atoms with E-state index >= 15 is 0 Å². The monoisotopic (exact) mass is 620 g/mol. The number of carbonyl (C=O) groups is 2. The van der Waals surface area contributed by atoms with Gasteiger partial charge in [0.2, 0.25) is 0 Å². The summed E-state index contributed by atoms with van der Waals surface area (Å²) in [4.78, 5) is 32.7. The molecule has 0 aromatic heterocycles. The van der Waals surface area contributed by atoms with Gasteiger partial charge < -0.3 is 20.0 Å². The van der Waals surface area contributed by atoms with Crippen molar-refractivity contribution in [2.45, 2.75) is 49.5 Å². The van der Waals surface area contributed by atoms with Crippen LogP contribution in [0.1, 0.15) is 60.0 Å². The number of hydrogen-bond donors (Lipinski definition) is 1. The van der Waals surface area contributed by atoms with Crippen LogP contribution in [-0.4, -0.2) is 73.5 Å². The minimum absolute atomic E-state index is 0.0622. The Morgan fingerprint density at radius 1 is 0.860 bits per heavy atom. The van der Waals surface area contributed by atoms with E-state index in [1.54, 1.807) is 7.05 Å². The summed E-state index contributed by atoms with van der Waals surface area (Å²) in [7, 11) is 3.60. The van der Waals surface area contributed by atoms with Crippen molar-refractivity contribution in [3.63, 3.8) is 0 Å². The number of likely N-dealkylation sites (tertiary alicyclic amines) is 2. The van der Waals surface area contributed by atoms with Crippen LogP contribution in [0.25, 0.3) is 0 Å². The third-order valence-corrected chi connectivity index (χ3v) is 10.4. The Bertz CT molecular complexity index is 1400. The van der Waals surface area contributed by atoms with Gasteiger partial charge in [-0.25, -0.2) is 4.79 Å². The third-order valence-electron chi connectivity index (χ3n) is 9.70. The number of carbonyl (C=O) groups excluding carboxylic acids is 2. The molecule has 2 heterocycles. The highest BCUT2D eigenvalue weighted by molar-refractivity contribution is 6.42. The van der Waals surface area contributed by atoms with Gasteiger partial charge in [0.25, 0.3) is 5.91 Å². The van der Waals surface area contributed by atoms with Crippen LogP contribution >= 0.6 is 23.2 Å². The van der Waals surface area contributed by atoms with Gasteiger partial charge in [0, 0.05) is 51.3 Å². The lowest BCUT2D eigenvalue weighted by atomic mass is 9.70. The predicted molar refractivity (Wildman–Crippen MR) is 175 cm³/mol. The molecule has 1 N–H and O–H groups in total. The molecule has 0 radical (unpaired) electrons. The van der Waals surface area contributed by atoms with Crippen molar-refractivity contribution in [1.29, 1.82) is 0 Å². The minimum Gasteiger partial charge on any atom is -0.341 e. The van der Waals surface area contributed by atoms with E-state index in [1.165, 1.54) is 5.56 Å². The van der Waals surface area contributed by atoms with Crippen molar-refractivity contribution in [3.05, 3.63) is 106 Å². The summed E-state index contributed by atoms with van der Waals surface area (Å²) in [5.41, 5.74) is 2.54. The molecule has 2 aliphatic heterocycles. The zero-order valence-electron chi connectivity index (χ0n) is 25.2. The average Bonchev–Trinajstić information content (AvgIpc) is 3.06. The number of amides is 3. The summed E-state index contributed by atoms with van der Waals surface area (Å²) >= 11 is 12.8. The quantitative estimate of drug-likeness (QED) is 0.289. The van der Waals surface area contributed by atoms with Crippen LogP contribution in [-0.2, 0) is 11.0 Å². The van der Waals surface area contributed by atoms with Crippen LogP contribution in [0.4, 0.5) is 4.79 Å². The number of halogens is 2. The second-order valence-corrected chi connectivity index (χ2v) is 12.9. The van der Waals surface area contributed by atoms with E-state index in [0.717, 1.165) is 75.8 Å². The number of benzene rings is 3. The number of urea groups is 1. The summed E-state index contributed by atoms with van der Waals surface area (Å²) < 4.78 is 0. The second kappa shape index (κ2) is 13.7. The van der Waals surface area contributed by atoms with Gasteiger partial charge in [-0.1, -0.05) is 77.8 Å². The van der Waals surface area contributed by atoms with E-state index in [4.69, 9.17) is 23.2 Å². The molecule has 0 spiro atoms. The highest BCUT2D eigenvalue weighted by Crippen LogP contribution is 2.42. The van der Waals surface area contributed by atoms with E-state index in [1.807, 2.05) is 65.4 Å². The molecule has 0 bridgehead atoms. The Labute approximate surface area is 265 Å². The van der Waals surface area contributed by atoms with Gasteiger partial charge in [0.05, 0.1) is 15.6 Å². The first-order chi connectivity index (χ1) is 20.8. The van der Waals surface area contributed by atoms with Gasteiger partial charge in [0.15, 0.2) is 0 Å². The molecule has 228 valence electrons. The molecule has 2 saturated heterocycles. The molecule has 3 aromatic carbocycles. The fourth-order valence-electron chi connectivity index (χ4n) is 7.19. The first-order valence-electron chi connectivity index (χ1n) is 15.3. The number of piperidine rings is 2. The molecule has 3 amide bonds. The largest absolute Gasteiger partial charge is 0.341 e. The van der Waals surface area contributed by atoms with Crippen molar-refractivity contribution < 1.29 is 9.59 Å². The van der Waals surface area contributed by atoms with Gasteiger partial charge in [-0.3, -0.25) is 4.79 Å². The summed E-state index contributed by atoms with van der Waals surface area (Å²) in [6, 6.07) is 25.9. The lowest BCUT2D eigenvalue weighted by molar-refractivity contribution is 0.0538. The highest BCUT2D eigenvalue weighted by atomic mass is 35.5. The van der Waals surface area contributed by atoms with Crippen molar-refractivity contribution in [1.82, 2.24) is 20.0 Å². The Morgan fingerprint density at radius 2 is 1.53 bits per heavy atom. The SMILES string of the molecule is CNC(=O)N(C)C1(c2ccccc2)CCN(CCC[C@]2(c3ccc(Cl)c(Cl)c3)CCCN(C(=O)c3ccccc3)C2)CC1. The van der Waals surface area contributed by atoms with Crippen molar-refractivity contribution in [2.24, 2.45) is 0 Å². The van der Waals surface area contributed by atoms with Gasteiger partial charge in [-0.15, -0.1) is 0 Å². The molecule has 5 rings (SSSR count). The van der Waals surface area contributed by atoms with Crippen LogP contribution in [0, 0.1) is 0 Å². The van der Waals surface area contributed by atoms with Gasteiger partial charge in [-0.2, -0.15) is 0 Å². The maximum absolute atomic E-state index is 13.5. The van der Waals surface area contributed by atoms with Crippen molar-refractivity contribution in [2.75, 3.05) is 46.8 Å². The minimum atomic E-state index is -0.333. The Hall–Kier alpha value is -3.06. The summed E-state index contributed by atoms with van der Waals surface area (Å²) in [5, 5.41) is 3.92. The number of nitrogens with zero attached hydrogens (tertiary/aromatic N) is 3. The zero-order chi connectivity index (χ0) is 30.5. The van der Waals surface area contributed by atoms with Crippen LogP contribution in [0.15, 0.2) is 78.9 Å². The van der Waals surface area contributed by atoms with Crippen LogP contribution < -0.4 is 5.32 Å². The lowest BCUT2D eigenvalue weighted by Crippen LogP contribution is -2.55. The molecule has 2 fully saturated rings. The van der Waals surface area contributed by atoms with Crippen molar-refractivity contribution in [3.8, 4) is 0 Å². The molecule has 3 aromatic rings. The van der Waals surface area contributed by atoms with E-state index in [-0.39, 0.29) is 22.9 Å². The summed E-state index contributed by atoms with van der Waals surface area (Å²) in [5.74, 6) is 0.0817. The van der Waals surface area contributed by atoms with Crippen LogP contribution in [0.2, 0.25) is 10.0 Å². The van der Waals surface area contributed by atoms with E-state index < -0.39 is 0 Å². The molecular weight excluding hydrogens is 579 g/mol. The van der Waals surface area contributed by atoms with Gasteiger partial charge in [0.1, 0.15) is 0 Å². The fourth-order valence-corrected chi connectivity index (χ4v) is 7.49. The summed E-state index contributed by atoms with van der Waals surface area (Å²) in [6.07, 6.45) is 5.63. The molecule has 0 unspecified atom stereocenters. The van der Waals surface area contributed by atoms with E-state index in [9.17, 15) is 9.59 Å². The van der Waals surface area contributed by atoms with E-state index in [0.29, 0.717) is 16.6 Å². The molecule has 43 heavy (non-hydrogen) atoms. The first-order valence-corrected chi connectivity index (χ1v) is 16.1. The Morgan fingerprint density at radius 3 is 2.19 bits per heavy atom. The Kier molecular flexibility index (Phi) is 10.0. The summed E-state index contributed by atoms with van der Waals surface area (Å²) in [6.45, 7) is 4.20. The molecule has 0 saturated carbocycles. The highest BCUT2D eigenvalue weighted by Gasteiger charge is 2.42. The predicted octanol–water partition coefficient (Wildman–Crippen LogP) is 7.21. The van der Waals surface area contributed by atoms with Crippen molar-refractivity contribution >= 4 is 35.1 Å². The molecule has 2 aliphatic rings. The fraction of sp³-hybridized carbons (Fsp3) is 0.429. The number of hydrogen-bond acceptors (Lipinski definition) is 3. The van der Waals surface area contributed by atoms with Crippen LogP contribution in [0.3, 0.4) is 0 Å². The van der Waals surface area contributed by atoms with E-state index in [2.05, 4.69) is 40.5 Å². The average molecular weight is 622 g/mol. The number of rotatable bonds is 8.